The minimum atomic E-state index is -0.0542. The number of carbonyl (C=O) groups excluding carboxylic acids is 1. The Morgan fingerprint density at radius 3 is 3.12 bits per heavy atom. The summed E-state index contributed by atoms with van der Waals surface area (Å²) in [7, 11) is 0. The van der Waals surface area contributed by atoms with E-state index in [1.165, 1.54) is 11.0 Å². The van der Waals surface area contributed by atoms with E-state index in [4.69, 9.17) is 10.8 Å². The fourth-order valence-electron chi connectivity index (χ4n) is 1.97. The van der Waals surface area contributed by atoms with Crippen LogP contribution in [0.2, 0.25) is 0 Å². The number of aromatic nitrogens is 3. The zero-order valence-electron chi connectivity index (χ0n) is 8.91. The molecule has 1 saturated heterocycles. The van der Waals surface area contributed by atoms with Crippen molar-refractivity contribution in [2.24, 2.45) is 0 Å². The Bertz CT molecular complexity index is 378. The van der Waals surface area contributed by atoms with Crippen molar-refractivity contribution in [3.05, 3.63) is 6.33 Å². The highest BCUT2D eigenvalue weighted by molar-refractivity contribution is 5.76. The molecule has 1 unspecified atom stereocenters. The van der Waals surface area contributed by atoms with Crippen LogP contribution in [0.1, 0.15) is 12.8 Å². The van der Waals surface area contributed by atoms with Gasteiger partial charge >= 0.3 is 0 Å². The number of aliphatic hydroxyl groups excluding tert-OH is 1. The van der Waals surface area contributed by atoms with Crippen LogP contribution in [0.25, 0.3) is 0 Å². The molecule has 1 aromatic rings. The topological polar surface area (TPSA) is 97.3 Å². The van der Waals surface area contributed by atoms with Gasteiger partial charge in [0.1, 0.15) is 12.9 Å². The molecule has 1 aliphatic heterocycles. The van der Waals surface area contributed by atoms with Crippen LogP contribution >= 0.6 is 0 Å². The number of carbonyl (C=O) groups is 1. The molecule has 2 rings (SSSR count). The highest BCUT2D eigenvalue weighted by atomic mass is 16.3. The SMILES string of the molecule is Nc1ncn(CC(=O)N2CCCC2CO)n1. The second kappa shape index (κ2) is 4.48. The number of amides is 1. The van der Waals surface area contributed by atoms with Gasteiger partial charge in [-0.3, -0.25) is 4.79 Å². The van der Waals surface area contributed by atoms with Crippen LogP contribution in [0.15, 0.2) is 6.33 Å². The number of nitrogen functional groups attached to an aromatic ring is 1. The predicted molar refractivity (Wildman–Crippen MR) is 56.3 cm³/mol. The summed E-state index contributed by atoms with van der Waals surface area (Å²) in [4.78, 5) is 17.3. The van der Waals surface area contributed by atoms with Gasteiger partial charge in [0.25, 0.3) is 0 Å². The van der Waals surface area contributed by atoms with Crippen LogP contribution in [-0.4, -0.2) is 49.9 Å². The molecule has 7 heteroatoms. The molecule has 1 aliphatic rings. The second-order valence-corrected chi connectivity index (χ2v) is 3.87. The summed E-state index contributed by atoms with van der Waals surface area (Å²) < 4.78 is 1.41. The van der Waals surface area contributed by atoms with E-state index in [0.29, 0.717) is 6.54 Å². The molecule has 1 aromatic heterocycles. The van der Waals surface area contributed by atoms with Gasteiger partial charge in [-0.05, 0) is 12.8 Å². The first-order valence-corrected chi connectivity index (χ1v) is 5.26. The maximum atomic E-state index is 11.9. The van der Waals surface area contributed by atoms with Crippen LogP contribution in [0.3, 0.4) is 0 Å². The summed E-state index contributed by atoms with van der Waals surface area (Å²) >= 11 is 0. The number of likely N-dealkylation sites (tertiary alicyclic amines) is 1. The van der Waals surface area contributed by atoms with Crippen molar-refractivity contribution in [3.63, 3.8) is 0 Å². The van der Waals surface area contributed by atoms with E-state index in [1.807, 2.05) is 0 Å². The maximum Gasteiger partial charge on any atom is 0.244 e. The predicted octanol–water partition coefficient (Wildman–Crippen LogP) is -1.16. The Morgan fingerprint density at radius 2 is 2.50 bits per heavy atom. The van der Waals surface area contributed by atoms with Crippen molar-refractivity contribution in [2.75, 3.05) is 18.9 Å². The van der Waals surface area contributed by atoms with E-state index in [2.05, 4.69) is 10.1 Å². The zero-order valence-corrected chi connectivity index (χ0v) is 8.91. The second-order valence-electron chi connectivity index (χ2n) is 3.87. The Hall–Kier alpha value is -1.63. The summed E-state index contributed by atoms with van der Waals surface area (Å²) in [6.07, 6.45) is 3.23. The molecule has 1 atom stereocenters. The van der Waals surface area contributed by atoms with Gasteiger partial charge in [-0.1, -0.05) is 0 Å². The van der Waals surface area contributed by atoms with Crippen molar-refractivity contribution in [1.82, 2.24) is 19.7 Å². The minimum Gasteiger partial charge on any atom is -0.394 e. The van der Waals surface area contributed by atoms with Gasteiger partial charge in [0, 0.05) is 6.54 Å². The molecule has 0 aliphatic carbocycles. The van der Waals surface area contributed by atoms with Crippen LogP contribution in [0.4, 0.5) is 5.95 Å². The summed E-state index contributed by atoms with van der Waals surface area (Å²) in [5, 5.41) is 13.0. The molecular weight excluding hydrogens is 210 g/mol. The first kappa shape index (κ1) is 10.9. The fraction of sp³-hybridized carbons (Fsp3) is 0.667. The summed E-state index contributed by atoms with van der Waals surface area (Å²) in [6, 6.07) is -0.0478. The number of hydrogen-bond donors (Lipinski definition) is 2. The van der Waals surface area contributed by atoms with Crippen molar-refractivity contribution < 1.29 is 9.90 Å². The van der Waals surface area contributed by atoms with Crippen LogP contribution < -0.4 is 5.73 Å². The Labute approximate surface area is 92.9 Å². The zero-order chi connectivity index (χ0) is 11.5. The van der Waals surface area contributed by atoms with Crippen LogP contribution in [0.5, 0.6) is 0 Å². The molecule has 0 bridgehead atoms. The minimum absolute atomic E-state index is 0.0191. The highest BCUT2D eigenvalue weighted by Crippen LogP contribution is 2.16. The molecule has 3 N–H and O–H groups in total. The lowest BCUT2D eigenvalue weighted by atomic mass is 10.2. The van der Waals surface area contributed by atoms with Gasteiger partial charge < -0.3 is 15.7 Å². The average Bonchev–Trinajstić information content (AvgIpc) is 2.86. The monoisotopic (exact) mass is 225 g/mol. The quantitative estimate of drug-likeness (QED) is 0.676. The Morgan fingerprint density at radius 1 is 1.69 bits per heavy atom. The number of hydrogen-bond acceptors (Lipinski definition) is 5. The molecule has 88 valence electrons. The normalized spacial score (nSPS) is 20.3. The van der Waals surface area contributed by atoms with Crippen LogP contribution in [0, 0.1) is 0 Å². The average molecular weight is 225 g/mol. The van der Waals surface area contributed by atoms with E-state index in [0.717, 1.165) is 12.8 Å². The molecular formula is C9H15N5O2. The molecule has 0 aromatic carbocycles. The van der Waals surface area contributed by atoms with E-state index in [-0.39, 0.29) is 31.0 Å². The summed E-state index contributed by atoms with van der Waals surface area (Å²) in [6.45, 7) is 0.847. The number of nitrogens with two attached hydrogens (primary N) is 1. The van der Waals surface area contributed by atoms with Gasteiger partial charge in [0.2, 0.25) is 11.9 Å². The lowest BCUT2D eigenvalue weighted by molar-refractivity contribution is -0.133. The van der Waals surface area contributed by atoms with E-state index < -0.39 is 0 Å². The van der Waals surface area contributed by atoms with Crippen molar-refractivity contribution >= 4 is 11.9 Å². The molecule has 16 heavy (non-hydrogen) atoms. The van der Waals surface area contributed by atoms with Crippen molar-refractivity contribution in [2.45, 2.75) is 25.4 Å². The Kier molecular flexibility index (Phi) is 3.04. The molecule has 0 spiro atoms. The lowest BCUT2D eigenvalue weighted by Crippen LogP contribution is -2.39. The summed E-state index contributed by atoms with van der Waals surface area (Å²) in [5.41, 5.74) is 5.35. The van der Waals surface area contributed by atoms with E-state index in [1.54, 1.807) is 4.90 Å². The molecule has 0 radical (unpaired) electrons. The van der Waals surface area contributed by atoms with Gasteiger partial charge in [-0.25, -0.2) is 9.67 Å². The van der Waals surface area contributed by atoms with Gasteiger partial charge in [-0.15, -0.1) is 5.10 Å². The number of anilines is 1. The van der Waals surface area contributed by atoms with E-state index in [9.17, 15) is 4.79 Å². The fourth-order valence-corrected chi connectivity index (χ4v) is 1.97. The number of nitrogens with zero attached hydrogens (tertiary/aromatic N) is 4. The first-order valence-electron chi connectivity index (χ1n) is 5.26. The third kappa shape index (κ3) is 2.13. The number of aliphatic hydroxyl groups is 1. The third-order valence-electron chi connectivity index (χ3n) is 2.76. The summed E-state index contributed by atoms with van der Waals surface area (Å²) in [5.74, 6) is 0.106. The largest absolute Gasteiger partial charge is 0.394 e. The number of rotatable bonds is 3. The van der Waals surface area contributed by atoms with E-state index >= 15 is 0 Å². The third-order valence-corrected chi connectivity index (χ3v) is 2.76. The first-order chi connectivity index (χ1) is 7.70. The van der Waals surface area contributed by atoms with Crippen LogP contribution in [-0.2, 0) is 11.3 Å². The van der Waals surface area contributed by atoms with Gasteiger partial charge in [-0.2, -0.15) is 0 Å². The maximum absolute atomic E-state index is 11.9. The highest BCUT2D eigenvalue weighted by Gasteiger charge is 2.28. The van der Waals surface area contributed by atoms with Gasteiger partial charge in [0.15, 0.2) is 0 Å². The molecule has 0 saturated carbocycles. The van der Waals surface area contributed by atoms with Gasteiger partial charge in [0.05, 0.1) is 12.6 Å². The molecule has 2 heterocycles. The standard InChI is InChI=1S/C9H15N5O2/c10-9-11-6-13(12-9)4-8(16)14-3-1-2-7(14)5-15/h6-7,15H,1-5H2,(H2,10,12). The lowest BCUT2D eigenvalue weighted by Gasteiger charge is -2.22. The smallest absolute Gasteiger partial charge is 0.244 e. The van der Waals surface area contributed by atoms with Crippen molar-refractivity contribution in [3.8, 4) is 0 Å². The Balaban J connectivity index is 1.97. The molecule has 1 fully saturated rings. The van der Waals surface area contributed by atoms with Crippen molar-refractivity contribution in [1.29, 1.82) is 0 Å². The molecule has 7 nitrogen and oxygen atoms in total. The molecule has 1 amide bonds.